The van der Waals surface area contributed by atoms with Crippen LogP contribution in [0.1, 0.15) is 10.4 Å². The third-order valence-electron chi connectivity index (χ3n) is 3.18. The summed E-state index contributed by atoms with van der Waals surface area (Å²) in [7, 11) is 3.47. The number of rotatable bonds is 6. The molecule has 0 heterocycles. The molecule has 0 amide bonds. The van der Waals surface area contributed by atoms with Gasteiger partial charge in [-0.2, -0.15) is 0 Å². The number of ether oxygens (including phenoxy) is 2. The van der Waals surface area contributed by atoms with Gasteiger partial charge in [-0.05, 0) is 35.0 Å². The smallest absolute Gasteiger partial charge is 0.188 e. The Kier molecular flexibility index (Phi) is 4.81. The number of anilines is 1. The Bertz CT molecular complexity index is 688. The number of nitrogens with zero attached hydrogens (tertiary/aromatic N) is 1. The summed E-state index contributed by atoms with van der Waals surface area (Å²) in [5.74, 6) is 3.12. The van der Waals surface area contributed by atoms with Crippen molar-refractivity contribution in [2.24, 2.45) is 0 Å². The van der Waals surface area contributed by atoms with Crippen LogP contribution in [0.15, 0.2) is 30.3 Å². The fraction of sp³-hybridized carbons (Fsp3) is 0.235. The molecule has 2 aromatic rings. The summed E-state index contributed by atoms with van der Waals surface area (Å²) >= 11 is 0. The molecule has 2 aromatic carbocycles. The molecular weight excluding hydrogens is 266 g/mol. The maximum Gasteiger partial charge on any atom is 0.188 e. The second-order valence-electron chi connectivity index (χ2n) is 4.65. The maximum atomic E-state index is 11.1. The summed E-state index contributed by atoms with van der Waals surface area (Å²) in [5, 5.41) is 1.95. The first-order valence-corrected chi connectivity index (χ1v) is 6.49. The van der Waals surface area contributed by atoms with Crippen LogP contribution < -0.4 is 9.64 Å². The lowest BCUT2D eigenvalue weighted by Gasteiger charge is -2.17. The minimum absolute atomic E-state index is 0.100. The first-order valence-electron chi connectivity index (χ1n) is 6.49. The predicted octanol–water partition coefficient (Wildman–Crippen LogP) is 2.70. The SMILES string of the molecule is C#CCN(C)c1ccc2cc(C=O)c(OCOC)cc2c1. The quantitative estimate of drug-likeness (QED) is 0.464. The fourth-order valence-electron chi connectivity index (χ4n) is 2.09. The van der Waals surface area contributed by atoms with Gasteiger partial charge in [0, 0.05) is 19.8 Å². The summed E-state index contributed by atoms with van der Waals surface area (Å²) in [4.78, 5) is 13.1. The Morgan fingerprint density at radius 3 is 2.76 bits per heavy atom. The lowest BCUT2D eigenvalue weighted by atomic mass is 10.1. The molecular formula is C17H17NO3. The van der Waals surface area contributed by atoms with E-state index in [-0.39, 0.29) is 6.79 Å². The summed E-state index contributed by atoms with van der Waals surface area (Å²) in [5.41, 5.74) is 1.52. The zero-order chi connectivity index (χ0) is 15.2. The lowest BCUT2D eigenvalue weighted by Crippen LogP contribution is -2.16. The number of terminal acetylenes is 1. The number of carbonyl (C=O) groups excluding carboxylic acids is 1. The van der Waals surface area contributed by atoms with Crippen LogP contribution in [-0.2, 0) is 4.74 Å². The summed E-state index contributed by atoms with van der Waals surface area (Å²) in [6, 6.07) is 9.60. The molecule has 0 atom stereocenters. The molecule has 0 aromatic heterocycles. The van der Waals surface area contributed by atoms with Crippen LogP contribution in [0, 0.1) is 12.3 Å². The molecule has 108 valence electrons. The molecule has 0 saturated heterocycles. The van der Waals surface area contributed by atoms with Crippen molar-refractivity contribution in [3.05, 3.63) is 35.9 Å². The number of carbonyl (C=O) groups is 1. The molecule has 0 aliphatic carbocycles. The van der Waals surface area contributed by atoms with Crippen molar-refractivity contribution in [3.63, 3.8) is 0 Å². The van der Waals surface area contributed by atoms with Gasteiger partial charge < -0.3 is 14.4 Å². The fourth-order valence-corrected chi connectivity index (χ4v) is 2.09. The van der Waals surface area contributed by atoms with Crippen LogP contribution >= 0.6 is 0 Å². The molecule has 2 rings (SSSR count). The van der Waals surface area contributed by atoms with Gasteiger partial charge >= 0.3 is 0 Å². The molecule has 0 saturated carbocycles. The van der Waals surface area contributed by atoms with Crippen molar-refractivity contribution in [1.29, 1.82) is 0 Å². The van der Waals surface area contributed by atoms with Crippen LogP contribution in [-0.4, -0.2) is 33.8 Å². The zero-order valence-electron chi connectivity index (χ0n) is 12.1. The molecule has 0 bridgehead atoms. The first kappa shape index (κ1) is 14.9. The van der Waals surface area contributed by atoms with E-state index in [4.69, 9.17) is 15.9 Å². The van der Waals surface area contributed by atoms with Crippen molar-refractivity contribution in [1.82, 2.24) is 0 Å². The summed E-state index contributed by atoms with van der Waals surface area (Å²) < 4.78 is 10.3. The highest BCUT2D eigenvalue weighted by Crippen LogP contribution is 2.28. The molecule has 0 fully saturated rings. The van der Waals surface area contributed by atoms with E-state index in [2.05, 4.69) is 5.92 Å². The number of benzene rings is 2. The average Bonchev–Trinajstić information content (AvgIpc) is 2.51. The zero-order valence-corrected chi connectivity index (χ0v) is 12.1. The van der Waals surface area contributed by atoms with Crippen molar-refractivity contribution >= 4 is 22.7 Å². The summed E-state index contributed by atoms with van der Waals surface area (Å²) in [6.07, 6.45) is 6.11. The average molecular weight is 283 g/mol. The van der Waals surface area contributed by atoms with Crippen LogP contribution in [0.3, 0.4) is 0 Å². The monoisotopic (exact) mass is 283 g/mol. The van der Waals surface area contributed by atoms with Crippen LogP contribution in [0.5, 0.6) is 5.75 Å². The van der Waals surface area contributed by atoms with Crippen LogP contribution in [0.2, 0.25) is 0 Å². The number of hydrogen-bond donors (Lipinski definition) is 0. The molecule has 0 unspecified atom stereocenters. The largest absolute Gasteiger partial charge is 0.467 e. The Hall–Kier alpha value is -2.51. The van der Waals surface area contributed by atoms with Crippen molar-refractivity contribution in [3.8, 4) is 18.1 Å². The highest BCUT2D eigenvalue weighted by atomic mass is 16.7. The first-order chi connectivity index (χ1) is 10.2. The molecule has 0 aliphatic heterocycles. The minimum Gasteiger partial charge on any atom is -0.467 e. The van der Waals surface area contributed by atoms with E-state index in [1.807, 2.05) is 36.2 Å². The van der Waals surface area contributed by atoms with E-state index < -0.39 is 0 Å². The van der Waals surface area contributed by atoms with Gasteiger partial charge in [0.2, 0.25) is 0 Å². The Morgan fingerprint density at radius 2 is 2.10 bits per heavy atom. The molecule has 4 heteroatoms. The Balaban J connectivity index is 2.45. The van der Waals surface area contributed by atoms with Gasteiger partial charge in [-0.15, -0.1) is 6.42 Å². The van der Waals surface area contributed by atoms with Crippen LogP contribution in [0.25, 0.3) is 10.8 Å². The molecule has 4 nitrogen and oxygen atoms in total. The van der Waals surface area contributed by atoms with Crippen molar-refractivity contribution < 1.29 is 14.3 Å². The van der Waals surface area contributed by atoms with Gasteiger partial charge in [0.15, 0.2) is 13.1 Å². The number of hydrogen-bond acceptors (Lipinski definition) is 4. The van der Waals surface area contributed by atoms with Crippen LogP contribution in [0.4, 0.5) is 5.69 Å². The van der Waals surface area contributed by atoms with E-state index >= 15 is 0 Å². The second kappa shape index (κ2) is 6.78. The van der Waals surface area contributed by atoms with Crippen molar-refractivity contribution in [2.45, 2.75) is 0 Å². The Morgan fingerprint density at radius 1 is 1.29 bits per heavy atom. The predicted molar refractivity (Wildman–Crippen MR) is 83.9 cm³/mol. The van der Waals surface area contributed by atoms with Gasteiger partial charge in [-0.1, -0.05) is 12.0 Å². The Labute approximate surface area is 124 Å². The lowest BCUT2D eigenvalue weighted by molar-refractivity contribution is 0.0506. The number of fused-ring (bicyclic) bond motifs is 1. The number of methoxy groups -OCH3 is 1. The highest BCUT2D eigenvalue weighted by molar-refractivity contribution is 5.93. The molecule has 0 radical (unpaired) electrons. The minimum atomic E-state index is 0.100. The maximum absolute atomic E-state index is 11.1. The topological polar surface area (TPSA) is 38.8 Å². The highest BCUT2D eigenvalue weighted by Gasteiger charge is 2.08. The van der Waals surface area contributed by atoms with Gasteiger partial charge in [0.1, 0.15) is 5.75 Å². The van der Waals surface area contributed by atoms with E-state index in [0.29, 0.717) is 17.9 Å². The molecule has 0 spiro atoms. The van der Waals surface area contributed by atoms with Crippen molar-refractivity contribution in [2.75, 3.05) is 32.4 Å². The normalized spacial score (nSPS) is 10.1. The molecule has 21 heavy (non-hydrogen) atoms. The van der Waals surface area contributed by atoms with E-state index in [1.165, 1.54) is 7.11 Å². The molecule has 0 N–H and O–H groups in total. The molecule has 0 aliphatic rings. The standard InChI is InChI=1S/C17H17NO3/c1-4-7-18(2)16-6-5-13-8-15(11-19)17(21-12-20-3)10-14(13)9-16/h1,5-6,8-11H,7,12H2,2-3H3. The summed E-state index contributed by atoms with van der Waals surface area (Å²) in [6.45, 7) is 0.633. The number of aldehydes is 1. The van der Waals surface area contributed by atoms with Gasteiger partial charge in [0.25, 0.3) is 0 Å². The third-order valence-corrected chi connectivity index (χ3v) is 3.18. The van der Waals surface area contributed by atoms with E-state index in [1.54, 1.807) is 6.07 Å². The third kappa shape index (κ3) is 3.33. The van der Waals surface area contributed by atoms with E-state index in [0.717, 1.165) is 22.7 Å². The van der Waals surface area contributed by atoms with E-state index in [9.17, 15) is 4.79 Å². The van der Waals surface area contributed by atoms with Gasteiger partial charge in [0.05, 0.1) is 12.1 Å². The second-order valence-corrected chi connectivity index (χ2v) is 4.65. The van der Waals surface area contributed by atoms with Gasteiger partial charge in [-0.25, -0.2) is 0 Å². The van der Waals surface area contributed by atoms with Gasteiger partial charge in [-0.3, -0.25) is 4.79 Å².